The zero-order valence-electron chi connectivity index (χ0n) is 18.7. The first kappa shape index (κ1) is 21.0. The molecule has 2 aromatic carbocycles. The number of anilines is 1. The molecule has 0 bridgehead atoms. The van der Waals surface area contributed by atoms with Gasteiger partial charge in [-0.1, -0.05) is 30.3 Å². The highest BCUT2D eigenvalue weighted by atomic mass is 19.1. The topological polar surface area (TPSA) is 46.6 Å². The number of piperidine rings is 1. The molecule has 0 saturated carbocycles. The molecule has 1 saturated heterocycles. The molecule has 1 aliphatic heterocycles. The maximum Gasteiger partial charge on any atom is 0.162 e. The summed E-state index contributed by atoms with van der Waals surface area (Å²) in [6.07, 6.45) is 2.73. The Labute approximate surface area is 188 Å². The number of nitrogens with one attached hydrogen (secondary N) is 1. The van der Waals surface area contributed by atoms with E-state index in [0.29, 0.717) is 24.5 Å². The monoisotopic (exact) mass is 435 g/mol. The number of fused-ring (bicyclic) bond motifs is 2. The number of rotatable bonds is 6. The van der Waals surface area contributed by atoms with Gasteiger partial charge in [-0.05, 0) is 36.5 Å². The molecule has 2 atom stereocenters. The van der Waals surface area contributed by atoms with Crippen molar-refractivity contribution in [3.05, 3.63) is 59.3 Å². The van der Waals surface area contributed by atoms with E-state index in [9.17, 15) is 4.39 Å². The molecule has 168 valence electrons. The Morgan fingerprint density at radius 3 is 2.62 bits per heavy atom. The Bertz CT molecular complexity index is 1110. The Morgan fingerprint density at radius 1 is 1.06 bits per heavy atom. The predicted octanol–water partition coefficient (Wildman–Crippen LogP) is 4.77. The van der Waals surface area contributed by atoms with Gasteiger partial charge < -0.3 is 14.8 Å². The molecule has 0 amide bonds. The average Bonchev–Trinajstić information content (AvgIpc) is 3.27. The molecule has 1 aromatic heterocycles. The van der Waals surface area contributed by atoms with Gasteiger partial charge in [0.15, 0.2) is 11.5 Å². The number of hydrogen-bond acceptors (Lipinski definition) is 5. The number of likely N-dealkylation sites (tertiary alicyclic amines) is 1. The lowest BCUT2D eigenvalue weighted by Gasteiger charge is -2.36. The van der Waals surface area contributed by atoms with Crippen molar-refractivity contribution in [3.63, 3.8) is 0 Å². The van der Waals surface area contributed by atoms with E-state index in [2.05, 4.69) is 22.3 Å². The van der Waals surface area contributed by atoms with Crippen LogP contribution in [0.4, 0.5) is 10.1 Å². The van der Waals surface area contributed by atoms with Gasteiger partial charge in [0, 0.05) is 54.9 Å². The predicted molar refractivity (Wildman–Crippen MR) is 126 cm³/mol. The lowest BCUT2D eigenvalue weighted by Crippen LogP contribution is -2.46. The van der Waals surface area contributed by atoms with Crippen LogP contribution in [0, 0.1) is 0 Å². The highest BCUT2D eigenvalue weighted by molar-refractivity contribution is 5.96. The first-order chi connectivity index (χ1) is 15.6. The van der Waals surface area contributed by atoms with Gasteiger partial charge in [0.25, 0.3) is 0 Å². The maximum atomic E-state index is 14.8. The van der Waals surface area contributed by atoms with Crippen LogP contribution in [0.15, 0.2) is 42.5 Å². The van der Waals surface area contributed by atoms with Gasteiger partial charge in [-0.15, -0.1) is 0 Å². The zero-order valence-corrected chi connectivity index (χ0v) is 18.7. The number of methoxy groups -OCH3 is 2. The first-order valence-corrected chi connectivity index (χ1v) is 11.4. The van der Waals surface area contributed by atoms with Crippen LogP contribution in [0.2, 0.25) is 0 Å². The summed E-state index contributed by atoms with van der Waals surface area (Å²) in [5.74, 6) is 1.35. The molecule has 0 unspecified atom stereocenters. The summed E-state index contributed by atoms with van der Waals surface area (Å²) in [6, 6.07) is 14.3. The molecule has 0 radical (unpaired) electrons. The van der Waals surface area contributed by atoms with Gasteiger partial charge >= 0.3 is 0 Å². The Hall–Kier alpha value is -2.86. The van der Waals surface area contributed by atoms with Crippen molar-refractivity contribution >= 4 is 16.6 Å². The van der Waals surface area contributed by atoms with Crippen LogP contribution < -0.4 is 14.8 Å². The number of aryl methyl sites for hydroxylation is 1. The van der Waals surface area contributed by atoms with Gasteiger partial charge in [-0.3, -0.25) is 9.88 Å². The fourth-order valence-electron chi connectivity index (χ4n) is 5.16. The summed E-state index contributed by atoms with van der Waals surface area (Å²) in [6.45, 7) is 2.05. The first-order valence-electron chi connectivity index (χ1n) is 11.4. The van der Waals surface area contributed by atoms with Crippen LogP contribution >= 0.6 is 0 Å². The molecule has 1 N–H and O–H groups in total. The Kier molecular flexibility index (Phi) is 5.87. The van der Waals surface area contributed by atoms with Crippen LogP contribution in [-0.4, -0.2) is 49.4 Å². The number of aromatic nitrogens is 1. The number of hydrogen-bond donors (Lipinski definition) is 1. The third-order valence-electron chi connectivity index (χ3n) is 6.59. The SMILES string of the molecule is COc1cc2nc3c(c(N[C@@H]4C[C@@H](F)CN(Cc5ccccc5)C4)c2cc1OC)CCC3. The summed E-state index contributed by atoms with van der Waals surface area (Å²) in [7, 11) is 3.29. The van der Waals surface area contributed by atoms with E-state index in [4.69, 9.17) is 14.5 Å². The van der Waals surface area contributed by atoms with E-state index in [1.165, 1.54) is 11.1 Å². The molecule has 0 spiro atoms. The summed E-state index contributed by atoms with van der Waals surface area (Å²) in [5.41, 5.74) is 5.59. The molecular formula is C26H30FN3O2. The minimum atomic E-state index is -0.847. The number of alkyl halides is 1. The van der Waals surface area contributed by atoms with Crippen molar-refractivity contribution < 1.29 is 13.9 Å². The van der Waals surface area contributed by atoms with Crippen molar-refractivity contribution in [1.29, 1.82) is 0 Å². The number of nitrogens with zero attached hydrogens (tertiary/aromatic N) is 2. The third-order valence-corrected chi connectivity index (χ3v) is 6.59. The van der Waals surface area contributed by atoms with E-state index in [1.54, 1.807) is 14.2 Å². The van der Waals surface area contributed by atoms with Gasteiger partial charge in [-0.2, -0.15) is 0 Å². The molecule has 6 heteroatoms. The quantitative estimate of drug-likeness (QED) is 0.605. The lowest BCUT2D eigenvalue weighted by molar-refractivity contribution is 0.123. The van der Waals surface area contributed by atoms with Crippen LogP contribution in [0.1, 0.15) is 29.7 Å². The smallest absolute Gasteiger partial charge is 0.162 e. The fourth-order valence-corrected chi connectivity index (χ4v) is 5.16. The number of ether oxygens (including phenoxy) is 2. The van der Waals surface area contributed by atoms with E-state index >= 15 is 0 Å². The minimum Gasteiger partial charge on any atom is -0.493 e. The molecular weight excluding hydrogens is 405 g/mol. The highest BCUT2D eigenvalue weighted by Crippen LogP contribution is 2.40. The number of pyridine rings is 1. The fraction of sp³-hybridized carbons (Fsp3) is 0.423. The highest BCUT2D eigenvalue weighted by Gasteiger charge is 2.29. The van der Waals surface area contributed by atoms with Crippen LogP contribution in [0.3, 0.4) is 0 Å². The molecule has 5 nitrogen and oxygen atoms in total. The van der Waals surface area contributed by atoms with Crippen molar-refractivity contribution in [2.45, 2.75) is 44.4 Å². The Balaban J connectivity index is 1.47. The second-order valence-electron chi connectivity index (χ2n) is 8.84. The largest absolute Gasteiger partial charge is 0.493 e. The van der Waals surface area contributed by atoms with E-state index in [1.807, 2.05) is 30.3 Å². The molecule has 1 aliphatic carbocycles. The lowest BCUT2D eigenvalue weighted by atomic mass is 10.0. The van der Waals surface area contributed by atoms with Crippen molar-refractivity contribution in [2.24, 2.45) is 0 Å². The normalized spacial score (nSPS) is 20.8. The van der Waals surface area contributed by atoms with Gasteiger partial charge in [0.2, 0.25) is 0 Å². The van der Waals surface area contributed by atoms with Gasteiger partial charge in [0.05, 0.1) is 19.7 Å². The van der Waals surface area contributed by atoms with E-state index in [-0.39, 0.29) is 6.04 Å². The second kappa shape index (κ2) is 8.94. The second-order valence-corrected chi connectivity index (χ2v) is 8.84. The zero-order chi connectivity index (χ0) is 22.1. The van der Waals surface area contributed by atoms with Crippen LogP contribution in [-0.2, 0) is 19.4 Å². The molecule has 2 aliphatic rings. The number of benzene rings is 2. The molecule has 5 rings (SSSR count). The molecule has 2 heterocycles. The average molecular weight is 436 g/mol. The summed E-state index contributed by atoms with van der Waals surface area (Å²) >= 11 is 0. The van der Waals surface area contributed by atoms with Crippen molar-refractivity contribution in [1.82, 2.24) is 9.88 Å². The third kappa shape index (κ3) is 4.11. The standard InChI is InChI=1S/C26H30FN3O2/c1-31-24-12-21-23(13-25(24)32-2)29-22-10-6-9-20(22)26(21)28-19-11-18(27)15-30(16-19)14-17-7-4-3-5-8-17/h3-5,7-8,12-13,18-19H,6,9-11,14-16H2,1-2H3,(H,28,29)/t18-,19-/m1/s1. The van der Waals surface area contributed by atoms with Crippen molar-refractivity contribution in [2.75, 3.05) is 32.6 Å². The van der Waals surface area contributed by atoms with Gasteiger partial charge in [-0.25, -0.2) is 4.39 Å². The minimum absolute atomic E-state index is 0.0332. The maximum absolute atomic E-state index is 14.8. The summed E-state index contributed by atoms with van der Waals surface area (Å²) in [5, 5.41) is 4.75. The summed E-state index contributed by atoms with van der Waals surface area (Å²) in [4.78, 5) is 7.14. The number of halogens is 1. The summed E-state index contributed by atoms with van der Waals surface area (Å²) < 4.78 is 25.8. The van der Waals surface area contributed by atoms with E-state index < -0.39 is 6.17 Å². The van der Waals surface area contributed by atoms with Crippen molar-refractivity contribution in [3.8, 4) is 11.5 Å². The molecule has 1 fully saturated rings. The van der Waals surface area contributed by atoms with Gasteiger partial charge in [0.1, 0.15) is 6.17 Å². The van der Waals surface area contributed by atoms with Crippen LogP contribution in [0.25, 0.3) is 10.9 Å². The van der Waals surface area contributed by atoms with E-state index in [0.717, 1.165) is 54.6 Å². The molecule has 3 aromatic rings. The molecule has 32 heavy (non-hydrogen) atoms. The Morgan fingerprint density at radius 2 is 1.84 bits per heavy atom. The van der Waals surface area contributed by atoms with Crippen LogP contribution in [0.5, 0.6) is 11.5 Å².